The largest absolute Gasteiger partial charge is 0.493 e. The van der Waals surface area contributed by atoms with E-state index in [1.807, 2.05) is 44.2 Å². The molecule has 0 spiro atoms. The molecule has 4 rings (SSSR count). The van der Waals surface area contributed by atoms with E-state index in [4.69, 9.17) is 9.15 Å². The van der Waals surface area contributed by atoms with Crippen LogP contribution in [-0.2, 0) is 29.0 Å². The lowest BCUT2D eigenvalue weighted by atomic mass is 9.93. The molecule has 1 aliphatic heterocycles. The van der Waals surface area contributed by atoms with Gasteiger partial charge in [0.15, 0.2) is 0 Å². The fraction of sp³-hybridized carbons (Fsp3) is 0.414. The summed E-state index contributed by atoms with van der Waals surface area (Å²) in [5.74, 6) is 1.43. The van der Waals surface area contributed by atoms with Crippen molar-refractivity contribution in [3.8, 4) is 5.75 Å². The van der Waals surface area contributed by atoms with Crippen LogP contribution in [-0.4, -0.2) is 39.5 Å². The standard InChI is InChI=1S/C29H34N2O5/c1-3-4-5-10-28(32)31-19-23-17-24(13-12-22(23)18-26(31)29(33)34)35-16-15-25-20(2)36-27(30-25)14-11-21-8-6-7-9-21/h3-5,10-14,17,21,26H,6-9,15-16,18-19H2,1-2H3,(H,33,34)/b4-3+,10-5+,14-11+/t26-/m0/s1. The van der Waals surface area contributed by atoms with Crippen LogP contribution in [0.1, 0.15) is 61.1 Å². The highest BCUT2D eigenvalue weighted by Crippen LogP contribution is 2.28. The van der Waals surface area contributed by atoms with Gasteiger partial charge >= 0.3 is 5.97 Å². The third kappa shape index (κ3) is 6.33. The summed E-state index contributed by atoms with van der Waals surface area (Å²) in [5.41, 5.74) is 2.70. The van der Waals surface area contributed by atoms with Crippen molar-refractivity contribution in [3.63, 3.8) is 0 Å². The number of benzene rings is 1. The van der Waals surface area contributed by atoms with Crippen LogP contribution >= 0.6 is 0 Å². The van der Waals surface area contributed by atoms with Crippen molar-refractivity contribution in [1.82, 2.24) is 9.88 Å². The molecule has 36 heavy (non-hydrogen) atoms. The second-order valence-electron chi connectivity index (χ2n) is 9.40. The Morgan fingerprint density at radius 3 is 2.78 bits per heavy atom. The van der Waals surface area contributed by atoms with Gasteiger partial charge in [-0.1, -0.05) is 43.2 Å². The Balaban J connectivity index is 1.38. The average molecular weight is 491 g/mol. The van der Waals surface area contributed by atoms with Crippen molar-refractivity contribution in [3.05, 3.63) is 77.1 Å². The molecular formula is C29H34N2O5. The molecule has 1 aromatic carbocycles. The van der Waals surface area contributed by atoms with Gasteiger partial charge in [0.05, 0.1) is 12.3 Å². The molecule has 1 amide bonds. The molecule has 2 heterocycles. The number of aliphatic carboxylic acids is 1. The van der Waals surface area contributed by atoms with Crippen molar-refractivity contribution >= 4 is 18.0 Å². The molecule has 2 aromatic rings. The van der Waals surface area contributed by atoms with Gasteiger partial charge in [-0.3, -0.25) is 4.79 Å². The van der Waals surface area contributed by atoms with E-state index < -0.39 is 12.0 Å². The van der Waals surface area contributed by atoms with Crippen molar-refractivity contribution in [2.75, 3.05) is 6.61 Å². The molecule has 0 radical (unpaired) electrons. The van der Waals surface area contributed by atoms with Crippen molar-refractivity contribution in [2.45, 2.75) is 65.0 Å². The molecule has 1 saturated carbocycles. The molecule has 0 saturated heterocycles. The topological polar surface area (TPSA) is 92.9 Å². The number of rotatable bonds is 9. The minimum atomic E-state index is -1.01. The molecular weight excluding hydrogens is 456 g/mol. The van der Waals surface area contributed by atoms with Gasteiger partial charge < -0.3 is 19.2 Å². The number of allylic oxidation sites excluding steroid dienone is 4. The summed E-state index contributed by atoms with van der Waals surface area (Å²) in [7, 11) is 0. The van der Waals surface area contributed by atoms with Crippen LogP contribution in [0.5, 0.6) is 5.75 Å². The quantitative estimate of drug-likeness (QED) is 0.380. The van der Waals surface area contributed by atoms with Crippen LogP contribution in [0.15, 0.2) is 53.0 Å². The minimum absolute atomic E-state index is 0.224. The van der Waals surface area contributed by atoms with E-state index in [2.05, 4.69) is 11.1 Å². The number of carbonyl (C=O) groups is 2. The summed E-state index contributed by atoms with van der Waals surface area (Å²) < 4.78 is 11.8. The summed E-state index contributed by atoms with van der Waals surface area (Å²) >= 11 is 0. The maximum absolute atomic E-state index is 12.7. The second-order valence-corrected chi connectivity index (χ2v) is 9.40. The smallest absolute Gasteiger partial charge is 0.326 e. The number of nitrogens with zero attached hydrogens (tertiary/aromatic N) is 2. The first-order valence-electron chi connectivity index (χ1n) is 12.7. The number of aromatic nitrogens is 1. The van der Waals surface area contributed by atoms with Crippen LogP contribution in [0, 0.1) is 12.8 Å². The number of carboxylic acid groups (broad SMARTS) is 1. The highest BCUT2D eigenvalue weighted by atomic mass is 16.5. The number of oxazole rings is 1. The Labute approximate surface area is 212 Å². The minimum Gasteiger partial charge on any atom is -0.493 e. The van der Waals surface area contributed by atoms with E-state index in [9.17, 15) is 14.7 Å². The van der Waals surface area contributed by atoms with Gasteiger partial charge in [-0.05, 0) is 61.9 Å². The number of aryl methyl sites for hydroxylation is 1. The molecule has 1 N–H and O–H groups in total. The molecule has 1 aliphatic carbocycles. The van der Waals surface area contributed by atoms with E-state index >= 15 is 0 Å². The highest BCUT2D eigenvalue weighted by Gasteiger charge is 2.33. The van der Waals surface area contributed by atoms with E-state index in [-0.39, 0.29) is 18.9 Å². The SMILES string of the molecule is C/C=C/C=C/C(=O)N1Cc2cc(OCCc3nc(/C=C/C4CCCC4)oc3C)ccc2C[C@H]1C(=O)O. The first-order valence-corrected chi connectivity index (χ1v) is 12.7. The first kappa shape index (κ1) is 25.5. The summed E-state index contributed by atoms with van der Waals surface area (Å²) in [6.45, 7) is 4.43. The van der Waals surface area contributed by atoms with E-state index in [1.165, 1.54) is 36.7 Å². The van der Waals surface area contributed by atoms with Crippen LogP contribution < -0.4 is 4.74 Å². The van der Waals surface area contributed by atoms with Gasteiger partial charge in [0.2, 0.25) is 11.8 Å². The summed E-state index contributed by atoms with van der Waals surface area (Å²) in [6.07, 6.45) is 16.7. The Kier molecular flexibility index (Phi) is 8.41. The van der Waals surface area contributed by atoms with E-state index in [0.29, 0.717) is 30.6 Å². The van der Waals surface area contributed by atoms with Crippen LogP contribution in [0.25, 0.3) is 6.08 Å². The Morgan fingerprint density at radius 2 is 2.03 bits per heavy atom. The summed E-state index contributed by atoms with van der Waals surface area (Å²) in [5, 5.41) is 9.67. The van der Waals surface area contributed by atoms with Crippen LogP contribution in [0.3, 0.4) is 0 Å². The van der Waals surface area contributed by atoms with Gasteiger partial charge in [0.1, 0.15) is 17.6 Å². The number of ether oxygens (including phenoxy) is 1. The second kappa shape index (κ2) is 11.9. The number of fused-ring (bicyclic) bond motifs is 1. The maximum atomic E-state index is 12.7. The Bertz CT molecular complexity index is 1170. The zero-order chi connectivity index (χ0) is 25.5. The van der Waals surface area contributed by atoms with Crippen LogP contribution in [0.4, 0.5) is 0 Å². The van der Waals surface area contributed by atoms with Crippen molar-refractivity contribution in [2.24, 2.45) is 5.92 Å². The lowest BCUT2D eigenvalue weighted by Gasteiger charge is -2.34. The number of amides is 1. The van der Waals surface area contributed by atoms with Gasteiger partial charge in [-0.2, -0.15) is 0 Å². The molecule has 7 nitrogen and oxygen atoms in total. The normalized spacial score (nSPS) is 18.5. The zero-order valence-electron chi connectivity index (χ0n) is 21.0. The van der Waals surface area contributed by atoms with E-state index in [0.717, 1.165) is 22.6 Å². The molecule has 1 atom stereocenters. The van der Waals surface area contributed by atoms with Crippen LogP contribution in [0.2, 0.25) is 0 Å². The molecule has 0 bridgehead atoms. The number of carboxylic acids is 1. The number of carbonyl (C=O) groups excluding carboxylic acids is 1. The Hall–Kier alpha value is -3.61. The van der Waals surface area contributed by atoms with Gasteiger partial charge in [0.25, 0.3) is 0 Å². The lowest BCUT2D eigenvalue weighted by Crippen LogP contribution is -2.48. The van der Waals surface area contributed by atoms with Crippen molar-refractivity contribution < 1.29 is 23.8 Å². The fourth-order valence-corrected chi connectivity index (χ4v) is 4.83. The first-order chi connectivity index (χ1) is 17.4. The van der Waals surface area contributed by atoms with Gasteiger partial charge in [-0.15, -0.1) is 0 Å². The predicted octanol–water partition coefficient (Wildman–Crippen LogP) is 5.28. The number of hydrogen-bond acceptors (Lipinski definition) is 5. The monoisotopic (exact) mass is 490 g/mol. The summed E-state index contributed by atoms with van der Waals surface area (Å²) in [6, 6.07) is 4.76. The number of hydrogen-bond donors (Lipinski definition) is 1. The molecule has 190 valence electrons. The Morgan fingerprint density at radius 1 is 1.22 bits per heavy atom. The average Bonchev–Trinajstić information content (AvgIpc) is 3.51. The molecule has 1 aromatic heterocycles. The molecule has 0 unspecified atom stereocenters. The molecule has 1 fully saturated rings. The predicted molar refractivity (Wildman–Crippen MR) is 138 cm³/mol. The molecule has 2 aliphatic rings. The van der Waals surface area contributed by atoms with Gasteiger partial charge in [-0.25, -0.2) is 9.78 Å². The third-order valence-corrected chi connectivity index (χ3v) is 6.85. The molecule has 7 heteroatoms. The lowest BCUT2D eigenvalue weighted by molar-refractivity contribution is -0.149. The van der Waals surface area contributed by atoms with E-state index in [1.54, 1.807) is 12.2 Å². The fourth-order valence-electron chi connectivity index (χ4n) is 4.83. The highest BCUT2D eigenvalue weighted by molar-refractivity contribution is 5.92. The van der Waals surface area contributed by atoms with Gasteiger partial charge in [0, 0.05) is 25.5 Å². The zero-order valence-corrected chi connectivity index (χ0v) is 21.0. The summed E-state index contributed by atoms with van der Waals surface area (Å²) in [4.78, 5) is 30.5. The third-order valence-electron chi connectivity index (χ3n) is 6.85. The maximum Gasteiger partial charge on any atom is 0.326 e. The van der Waals surface area contributed by atoms with Crippen molar-refractivity contribution in [1.29, 1.82) is 0 Å².